The van der Waals surface area contributed by atoms with Crippen molar-refractivity contribution in [2.24, 2.45) is 5.92 Å². The average Bonchev–Trinajstić information content (AvgIpc) is 2.78. The summed E-state index contributed by atoms with van der Waals surface area (Å²) >= 11 is 0. The molecule has 168 valence electrons. The number of hydrogen-bond donors (Lipinski definition) is 2. The number of hydrogen-bond acceptors (Lipinski definition) is 3. The number of aromatic hydroxyl groups is 1. The third-order valence-corrected chi connectivity index (χ3v) is 5.67. The third-order valence-electron chi connectivity index (χ3n) is 5.67. The van der Waals surface area contributed by atoms with Crippen LogP contribution in [0.1, 0.15) is 41.7 Å². The second-order valence-corrected chi connectivity index (χ2v) is 8.96. The number of phenolic OH excluding ortho intramolecular Hbond substituents is 1. The van der Waals surface area contributed by atoms with E-state index in [4.69, 9.17) is 7.85 Å². The molecular weight excluding hydrogens is 403 g/mol. The summed E-state index contributed by atoms with van der Waals surface area (Å²) in [6.45, 7) is 14.2. The summed E-state index contributed by atoms with van der Waals surface area (Å²) in [5.74, 6) is 0.812. The van der Waals surface area contributed by atoms with E-state index < -0.39 is 0 Å². The van der Waals surface area contributed by atoms with Crippen LogP contribution in [-0.4, -0.2) is 26.5 Å². The Balaban J connectivity index is 1.79. The lowest BCUT2D eigenvalue weighted by molar-refractivity contribution is 0.475. The van der Waals surface area contributed by atoms with Crippen molar-refractivity contribution in [1.29, 1.82) is 0 Å². The van der Waals surface area contributed by atoms with Crippen LogP contribution < -0.4 is 15.7 Å². The highest BCUT2D eigenvalue weighted by atomic mass is 16.3. The van der Waals surface area contributed by atoms with Crippen molar-refractivity contribution < 1.29 is 5.11 Å². The standard InChI is InChI=1S/C29H33BN2O/c1-6-23-14-22(10-13-29(23)32(5)19-20(2)3)15-25-11-12-27(30)16-26(25)18-31-21(4)24-8-7-9-28(33)17-24/h6-14,16-17,20,31,33H,1,4,15,18-19H2,2-3,5H3. The first kappa shape index (κ1) is 24.3. The van der Waals surface area contributed by atoms with Crippen LogP contribution in [0, 0.1) is 5.92 Å². The van der Waals surface area contributed by atoms with Gasteiger partial charge in [0.25, 0.3) is 0 Å². The number of benzene rings is 3. The van der Waals surface area contributed by atoms with Crippen molar-refractivity contribution in [2.75, 3.05) is 18.5 Å². The predicted molar refractivity (Wildman–Crippen MR) is 143 cm³/mol. The molecule has 0 heterocycles. The molecule has 3 nitrogen and oxygen atoms in total. The summed E-state index contributed by atoms with van der Waals surface area (Å²) in [4.78, 5) is 2.29. The van der Waals surface area contributed by atoms with Gasteiger partial charge in [-0.3, -0.25) is 0 Å². The van der Waals surface area contributed by atoms with Gasteiger partial charge >= 0.3 is 0 Å². The molecule has 0 fully saturated rings. The Morgan fingerprint density at radius 1 is 1.09 bits per heavy atom. The summed E-state index contributed by atoms with van der Waals surface area (Å²) in [7, 11) is 8.22. The van der Waals surface area contributed by atoms with Crippen LogP contribution in [-0.2, 0) is 13.0 Å². The maximum absolute atomic E-state index is 9.74. The zero-order chi connectivity index (χ0) is 24.0. The normalized spacial score (nSPS) is 10.8. The van der Waals surface area contributed by atoms with Gasteiger partial charge in [-0.2, -0.15) is 0 Å². The van der Waals surface area contributed by atoms with Gasteiger partial charge in [0.15, 0.2) is 0 Å². The van der Waals surface area contributed by atoms with E-state index in [1.54, 1.807) is 12.1 Å². The van der Waals surface area contributed by atoms with E-state index in [0.717, 1.165) is 40.8 Å². The Labute approximate surface area is 199 Å². The molecule has 0 saturated heterocycles. The molecule has 2 N–H and O–H groups in total. The maximum Gasteiger partial charge on any atom is 0.116 e. The molecule has 3 aromatic rings. The molecule has 33 heavy (non-hydrogen) atoms. The molecule has 0 aromatic heterocycles. The highest BCUT2D eigenvalue weighted by Gasteiger charge is 2.11. The fourth-order valence-electron chi connectivity index (χ4n) is 4.07. The smallest absolute Gasteiger partial charge is 0.116 e. The van der Waals surface area contributed by atoms with Crippen LogP contribution in [0.3, 0.4) is 0 Å². The monoisotopic (exact) mass is 436 g/mol. The molecule has 0 unspecified atom stereocenters. The molecule has 3 rings (SSSR count). The summed E-state index contributed by atoms with van der Waals surface area (Å²) in [6, 6.07) is 19.7. The first-order valence-corrected chi connectivity index (χ1v) is 11.3. The SMILES string of the molecule is [B]c1ccc(Cc2ccc(N(C)CC(C)C)c(C=C)c2)c(CNC(=C)c2cccc(O)c2)c1. The van der Waals surface area contributed by atoms with Crippen LogP contribution in [0.15, 0.2) is 73.8 Å². The van der Waals surface area contributed by atoms with Gasteiger partial charge in [-0.15, -0.1) is 0 Å². The molecule has 0 atom stereocenters. The molecule has 2 radical (unpaired) electrons. The topological polar surface area (TPSA) is 35.5 Å². The van der Waals surface area contributed by atoms with Gasteiger partial charge in [-0.05, 0) is 58.9 Å². The highest BCUT2D eigenvalue weighted by molar-refractivity contribution is 6.32. The van der Waals surface area contributed by atoms with Gasteiger partial charge in [0, 0.05) is 37.1 Å². The molecule has 4 heteroatoms. The van der Waals surface area contributed by atoms with Crippen molar-refractivity contribution in [3.8, 4) is 5.75 Å². The number of nitrogens with zero attached hydrogens (tertiary/aromatic N) is 1. The predicted octanol–water partition coefficient (Wildman–Crippen LogP) is 5.27. The van der Waals surface area contributed by atoms with Gasteiger partial charge in [0.05, 0.1) is 0 Å². The van der Waals surface area contributed by atoms with Crippen LogP contribution in [0.25, 0.3) is 11.8 Å². The highest BCUT2D eigenvalue weighted by Crippen LogP contribution is 2.25. The summed E-state index contributed by atoms with van der Waals surface area (Å²) in [6.07, 6.45) is 2.73. The third kappa shape index (κ3) is 6.55. The Morgan fingerprint density at radius 3 is 2.58 bits per heavy atom. The second kappa shape index (κ2) is 11.0. The second-order valence-electron chi connectivity index (χ2n) is 8.96. The van der Waals surface area contributed by atoms with Crippen LogP contribution >= 0.6 is 0 Å². The molecule has 0 bridgehead atoms. The van der Waals surface area contributed by atoms with Crippen molar-refractivity contribution >= 4 is 30.8 Å². The first-order chi connectivity index (χ1) is 15.8. The first-order valence-electron chi connectivity index (χ1n) is 11.3. The van der Waals surface area contributed by atoms with Gasteiger partial charge in [0.2, 0.25) is 0 Å². The minimum absolute atomic E-state index is 0.223. The number of rotatable bonds is 10. The minimum atomic E-state index is 0.223. The molecule has 0 aliphatic heterocycles. The molecule has 0 aliphatic rings. The van der Waals surface area contributed by atoms with E-state index in [1.165, 1.54) is 16.8 Å². The summed E-state index contributed by atoms with van der Waals surface area (Å²) in [5, 5.41) is 13.1. The lowest BCUT2D eigenvalue weighted by atomic mass is 9.89. The van der Waals surface area contributed by atoms with Gasteiger partial charge < -0.3 is 15.3 Å². The van der Waals surface area contributed by atoms with Crippen molar-refractivity contribution in [1.82, 2.24) is 5.32 Å². The fourth-order valence-corrected chi connectivity index (χ4v) is 4.07. The number of phenols is 1. The molecule has 3 aromatic carbocycles. The molecule has 0 spiro atoms. The van der Waals surface area contributed by atoms with E-state index in [-0.39, 0.29) is 5.75 Å². The van der Waals surface area contributed by atoms with Crippen molar-refractivity contribution in [2.45, 2.75) is 26.8 Å². The summed E-state index contributed by atoms with van der Waals surface area (Å²) in [5.41, 5.74) is 8.24. The maximum atomic E-state index is 9.74. The van der Waals surface area contributed by atoms with Gasteiger partial charge in [-0.25, -0.2) is 0 Å². The Bertz CT molecular complexity index is 1140. The number of anilines is 1. The Hall–Kier alpha value is -3.40. The van der Waals surface area contributed by atoms with Crippen molar-refractivity contribution in [3.63, 3.8) is 0 Å². The summed E-state index contributed by atoms with van der Waals surface area (Å²) < 4.78 is 0. The lowest BCUT2D eigenvalue weighted by Gasteiger charge is -2.24. The average molecular weight is 436 g/mol. The van der Waals surface area contributed by atoms with E-state index in [2.05, 4.69) is 68.5 Å². The lowest BCUT2D eigenvalue weighted by Crippen LogP contribution is -2.23. The van der Waals surface area contributed by atoms with E-state index in [9.17, 15) is 5.11 Å². The molecule has 0 aliphatic carbocycles. The van der Waals surface area contributed by atoms with E-state index in [0.29, 0.717) is 12.5 Å². The largest absolute Gasteiger partial charge is 0.508 e. The molecule has 0 saturated carbocycles. The van der Waals surface area contributed by atoms with E-state index in [1.807, 2.05) is 30.3 Å². The molecule has 0 amide bonds. The Morgan fingerprint density at radius 2 is 1.88 bits per heavy atom. The molecular formula is C29H33BN2O. The van der Waals surface area contributed by atoms with Crippen LogP contribution in [0.4, 0.5) is 5.69 Å². The Kier molecular flexibility index (Phi) is 8.05. The fraction of sp³-hybridized carbons (Fsp3) is 0.241. The zero-order valence-corrected chi connectivity index (χ0v) is 19.9. The van der Waals surface area contributed by atoms with E-state index >= 15 is 0 Å². The van der Waals surface area contributed by atoms with Crippen LogP contribution in [0.5, 0.6) is 5.75 Å². The van der Waals surface area contributed by atoms with Crippen molar-refractivity contribution in [3.05, 3.63) is 102 Å². The quantitative estimate of drug-likeness (QED) is 0.425. The van der Waals surface area contributed by atoms with Gasteiger partial charge in [0.1, 0.15) is 13.6 Å². The van der Waals surface area contributed by atoms with Crippen LogP contribution in [0.2, 0.25) is 0 Å². The number of nitrogens with one attached hydrogen (secondary N) is 1. The minimum Gasteiger partial charge on any atom is -0.508 e. The van der Waals surface area contributed by atoms with Gasteiger partial charge in [-0.1, -0.05) is 74.9 Å². The zero-order valence-electron chi connectivity index (χ0n) is 19.9.